The predicted molar refractivity (Wildman–Crippen MR) is 63.7 cm³/mol. The van der Waals surface area contributed by atoms with E-state index in [2.05, 4.69) is 26.2 Å². The van der Waals surface area contributed by atoms with Crippen molar-refractivity contribution in [3.8, 4) is 0 Å². The first-order chi connectivity index (χ1) is 7.65. The SMILES string of the molecule is O=C(O)c1cc(Br)cnc1NCCCCO. The fourth-order valence-corrected chi connectivity index (χ4v) is 1.52. The summed E-state index contributed by atoms with van der Waals surface area (Å²) in [6, 6.07) is 1.50. The van der Waals surface area contributed by atoms with Crippen LogP contribution in [-0.2, 0) is 0 Å². The maximum absolute atomic E-state index is 10.9. The Kier molecular flexibility index (Phi) is 5.21. The summed E-state index contributed by atoms with van der Waals surface area (Å²) in [6.45, 7) is 0.733. The van der Waals surface area contributed by atoms with Crippen LogP contribution in [0.2, 0.25) is 0 Å². The third-order valence-corrected chi connectivity index (χ3v) is 2.40. The van der Waals surface area contributed by atoms with E-state index >= 15 is 0 Å². The van der Waals surface area contributed by atoms with E-state index in [1.165, 1.54) is 6.07 Å². The molecule has 6 heteroatoms. The Labute approximate surface area is 102 Å². The lowest BCUT2D eigenvalue weighted by atomic mass is 10.2. The molecule has 16 heavy (non-hydrogen) atoms. The van der Waals surface area contributed by atoms with Gasteiger partial charge in [-0.3, -0.25) is 0 Å². The van der Waals surface area contributed by atoms with Crippen LogP contribution in [0.15, 0.2) is 16.7 Å². The molecule has 0 aromatic carbocycles. The van der Waals surface area contributed by atoms with Crippen LogP contribution in [0, 0.1) is 0 Å². The molecule has 0 bridgehead atoms. The summed E-state index contributed by atoms with van der Waals surface area (Å²) in [6.07, 6.45) is 3.00. The summed E-state index contributed by atoms with van der Waals surface area (Å²) in [5.41, 5.74) is 0.137. The molecule has 0 saturated carbocycles. The van der Waals surface area contributed by atoms with Crippen LogP contribution in [0.25, 0.3) is 0 Å². The largest absolute Gasteiger partial charge is 0.478 e. The van der Waals surface area contributed by atoms with E-state index in [4.69, 9.17) is 10.2 Å². The zero-order valence-electron chi connectivity index (χ0n) is 8.61. The number of aromatic nitrogens is 1. The number of aromatic carboxylic acids is 1. The molecule has 0 aliphatic carbocycles. The lowest BCUT2D eigenvalue weighted by Crippen LogP contribution is -2.09. The number of unbranched alkanes of at least 4 members (excludes halogenated alkanes) is 1. The van der Waals surface area contributed by atoms with Gasteiger partial charge in [0.1, 0.15) is 11.4 Å². The average Bonchev–Trinajstić information content (AvgIpc) is 2.26. The summed E-state index contributed by atoms with van der Waals surface area (Å²) in [7, 11) is 0. The molecular weight excluding hydrogens is 276 g/mol. The predicted octanol–water partition coefficient (Wildman–Crippen LogP) is 1.73. The molecule has 88 valence electrons. The Hall–Kier alpha value is -1.14. The van der Waals surface area contributed by atoms with Gasteiger partial charge in [0, 0.05) is 23.8 Å². The molecule has 0 spiro atoms. The van der Waals surface area contributed by atoms with Crippen molar-refractivity contribution in [2.45, 2.75) is 12.8 Å². The third-order valence-electron chi connectivity index (χ3n) is 1.96. The van der Waals surface area contributed by atoms with Crippen molar-refractivity contribution in [2.24, 2.45) is 0 Å². The number of nitrogens with zero attached hydrogens (tertiary/aromatic N) is 1. The van der Waals surface area contributed by atoms with E-state index in [1.54, 1.807) is 6.20 Å². The van der Waals surface area contributed by atoms with E-state index in [-0.39, 0.29) is 12.2 Å². The smallest absolute Gasteiger partial charge is 0.339 e. The van der Waals surface area contributed by atoms with E-state index in [0.717, 1.165) is 6.42 Å². The number of carboxylic acid groups (broad SMARTS) is 1. The Morgan fingerprint density at radius 1 is 1.50 bits per heavy atom. The van der Waals surface area contributed by atoms with Gasteiger partial charge in [-0.1, -0.05) is 0 Å². The molecule has 1 aromatic heterocycles. The summed E-state index contributed by atoms with van der Waals surface area (Å²) in [4.78, 5) is 14.9. The Morgan fingerprint density at radius 3 is 2.88 bits per heavy atom. The summed E-state index contributed by atoms with van der Waals surface area (Å²) in [5, 5.41) is 20.5. The number of rotatable bonds is 6. The Balaban J connectivity index is 2.67. The average molecular weight is 289 g/mol. The minimum absolute atomic E-state index is 0.137. The van der Waals surface area contributed by atoms with Crippen molar-refractivity contribution in [3.63, 3.8) is 0 Å². The topological polar surface area (TPSA) is 82.5 Å². The molecule has 0 radical (unpaired) electrons. The zero-order valence-corrected chi connectivity index (χ0v) is 10.2. The third kappa shape index (κ3) is 3.79. The molecular formula is C10H13BrN2O3. The molecule has 0 unspecified atom stereocenters. The number of anilines is 1. The fraction of sp³-hybridized carbons (Fsp3) is 0.400. The van der Waals surface area contributed by atoms with E-state index < -0.39 is 5.97 Å². The van der Waals surface area contributed by atoms with Crippen molar-refractivity contribution in [1.82, 2.24) is 4.98 Å². The molecule has 0 atom stereocenters. The molecule has 5 nitrogen and oxygen atoms in total. The number of aliphatic hydroxyl groups excluding tert-OH is 1. The second-order valence-corrected chi connectivity index (χ2v) is 4.13. The minimum Gasteiger partial charge on any atom is -0.478 e. The Morgan fingerprint density at radius 2 is 2.25 bits per heavy atom. The van der Waals surface area contributed by atoms with Crippen molar-refractivity contribution in [2.75, 3.05) is 18.5 Å². The molecule has 0 aliphatic heterocycles. The highest BCUT2D eigenvalue weighted by Crippen LogP contribution is 2.17. The van der Waals surface area contributed by atoms with Gasteiger partial charge in [-0.15, -0.1) is 0 Å². The van der Waals surface area contributed by atoms with Gasteiger partial charge in [0.2, 0.25) is 0 Å². The first kappa shape index (κ1) is 12.9. The van der Waals surface area contributed by atoms with Crippen LogP contribution < -0.4 is 5.32 Å². The van der Waals surface area contributed by atoms with Gasteiger partial charge in [-0.25, -0.2) is 9.78 Å². The van der Waals surface area contributed by atoms with Crippen LogP contribution >= 0.6 is 15.9 Å². The molecule has 1 rings (SSSR count). The summed E-state index contributed by atoms with van der Waals surface area (Å²) in [5.74, 6) is -0.660. The zero-order chi connectivity index (χ0) is 12.0. The van der Waals surface area contributed by atoms with Crippen LogP contribution in [-0.4, -0.2) is 34.3 Å². The molecule has 0 saturated heterocycles. The number of hydrogen-bond acceptors (Lipinski definition) is 4. The van der Waals surface area contributed by atoms with Gasteiger partial charge >= 0.3 is 5.97 Å². The van der Waals surface area contributed by atoms with Crippen molar-refractivity contribution in [1.29, 1.82) is 0 Å². The molecule has 3 N–H and O–H groups in total. The minimum atomic E-state index is -1.02. The van der Waals surface area contributed by atoms with E-state index in [0.29, 0.717) is 23.3 Å². The molecule has 0 fully saturated rings. The first-order valence-electron chi connectivity index (χ1n) is 4.88. The number of nitrogens with one attached hydrogen (secondary N) is 1. The van der Waals surface area contributed by atoms with Crippen molar-refractivity contribution >= 4 is 27.7 Å². The molecule has 0 aliphatic rings. The number of pyridine rings is 1. The van der Waals surface area contributed by atoms with Crippen LogP contribution in [0.3, 0.4) is 0 Å². The van der Waals surface area contributed by atoms with Crippen LogP contribution in [0.5, 0.6) is 0 Å². The lowest BCUT2D eigenvalue weighted by molar-refractivity contribution is 0.0697. The van der Waals surface area contributed by atoms with E-state index in [1.807, 2.05) is 0 Å². The second-order valence-electron chi connectivity index (χ2n) is 3.21. The number of carbonyl (C=O) groups is 1. The van der Waals surface area contributed by atoms with Gasteiger partial charge in [-0.2, -0.15) is 0 Å². The van der Waals surface area contributed by atoms with Gasteiger partial charge in [0.25, 0.3) is 0 Å². The molecule has 1 heterocycles. The quantitative estimate of drug-likeness (QED) is 0.695. The van der Waals surface area contributed by atoms with Crippen LogP contribution in [0.1, 0.15) is 23.2 Å². The van der Waals surface area contributed by atoms with Gasteiger partial charge < -0.3 is 15.5 Å². The van der Waals surface area contributed by atoms with Gasteiger partial charge in [-0.05, 0) is 34.8 Å². The maximum atomic E-state index is 10.9. The second kappa shape index (κ2) is 6.44. The number of aliphatic hydroxyl groups is 1. The maximum Gasteiger partial charge on any atom is 0.339 e. The van der Waals surface area contributed by atoms with Gasteiger partial charge in [0.05, 0.1) is 0 Å². The standard InChI is InChI=1S/C10H13BrN2O3/c11-7-5-8(10(15)16)9(13-6-7)12-3-1-2-4-14/h5-6,14H,1-4H2,(H,12,13)(H,15,16). The van der Waals surface area contributed by atoms with Gasteiger partial charge in [0.15, 0.2) is 0 Å². The highest BCUT2D eigenvalue weighted by atomic mass is 79.9. The number of hydrogen-bond donors (Lipinski definition) is 3. The van der Waals surface area contributed by atoms with E-state index in [9.17, 15) is 4.79 Å². The fourth-order valence-electron chi connectivity index (χ4n) is 1.19. The first-order valence-corrected chi connectivity index (χ1v) is 5.68. The lowest BCUT2D eigenvalue weighted by Gasteiger charge is -2.08. The molecule has 1 aromatic rings. The Bertz CT molecular complexity index is 371. The highest BCUT2D eigenvalue weighted by Gasteiger charge is 2.11. The number of carboxylic acids is 1. The normalized spacial score (nSPS) is 10.1. The summed E-state index contributed by atoms with van der Waals surface area (Å²) >= 11 is 3.17. The molecule has 0 amide bonds. The van der Waals surface area contributed by atoms with Crippen LogP contribution in [0.4, 0.5) is 5.82 Å². The van der Waals surface area contributed by atoms with Crippen molar-refractivity contribution < 1.29 is 15.0 Å². The monoisotopic (exact) mass is 288 g/mol. The number of halogens is 1. The summed E-state index contributed by atoms with van der Waals surface area (Å²) < 4.78 is 0.630. The highest BCUT2D eigenvalue weighted by molar-refractivity contribution is 9.10. The van der Waals surface area contributed by atoms with Crippen molar-refractivity contribution in [3.05, 3.63) is 22.3 Å².